The molecule has 2 aromatic carbocycles. The minimum Gasteiger partial charge on any atom is -0.508 e. The fourth-order valence-electron chi connectivity index (χ4n) is 2.28. The topological polar surface area (TPSA) is 83.5 Å². The normalized spacial score (nSPS) is 13.2. The molecular formula is C17H16F3NO4S. The summed E-state index contributed by atoms with van der Waals surface area (Å²) in [5, 5.41) is 11.1. The van der Waals surface area contributed by atoms with E-state index in [9.17, 15) is 31.5 Å². The number of benzene rings is 2. The van der Waals surface area contributed by atoms with Crippen LogP contribution in [0.1, 0.15) is 12.5 Å². The van der Waals surface area contributed by atoms with Crippen molar-refractivity contribution < 1.29 is 31.5 Å². The lowest BCUT2D eigenvalue weighted by Gasteiger charge is -2.15. The van der Waals surface area contributed by atoms with E-state index in [0.29, 0.717) is 5.56 Å². The van der Waals surface area contributed by atoms with Crippen LogP contribution >= 0.6 is 0 Å². The lowest BCUT2D eigenvalue weighted by atomic mass is 10.1. The number of nitrogens with one attached hydrogen (secondary N) is 1. The molecule has 0 aliphatic rings. The van der Waals surface area contributed by atoms with E-state index in [1.54, 1.807) is 0 Å². The monoisotopic (exact) mass is 387 g/mol. The molecular weight excluding hydrogens is 371 g/mol. The summed E-state index contributed by atoms with van der Waals surface area (Å²) in [5.41, 5.74) is 0.574. The molecule has 5 nitrogen and oxygen atoms in total. The third-order valence-corrected chi connectivity index (χ3v) is 5.34. The maximum atomic E-state index is 12.5. The molecule has 0 saturated heterocycles. The number of aromatic hydroxyl groups is 1. The molecule has 0 aliphatic carbocycles. The average molecular weight is 387 g/mol. The van der Waals surface area contributed by atoms with Gasteiger partial charge in [-0.25, -0.2) is 8.42 Å². The van der Waals surface area contributed by atoms with Crippen molar-refractivity contribution in [1.82, 2.24) is 5.32 Å². The van der Waals surface area contributed by atoms with E-state index in [1.807, 2.05) is 5.32 Å². The molecule has 9 heteroatoms. The van der Waals surface area contributed by atoms with Crippen LogP contribution in [0.15, 0.2) is 58.3 Å². The van der Waals surface area contributed by atoms with Crippen LogP contribution in [-0.2, 0) is 21.1 Å². The minimum atomic E-state index is -4.95. The number of phenols is 1. The molecule has 0 fully saturated rings. The van der Waals surface area contributed by atoms with E-state index in [4.69, 9.17) is 0 Å². The Bertz CT molecular complexity index is 876. The van der Waals surface area contributed by atoms with Gasteiger partial charge in [0, 0.05) is 6.04 Å². The second-order valence-corrected chi connectivity index (χ2v) is 7.67. The molecule has 0 radical (unpaired) electrons. The zero-order chi connectivity index (χ0) is 19.5. The molecule has 26 heavy (non-hydrogen) atoms. The SMILES string of the molecule is C[C@H](Cc1ccc(S(=O)(=O)c2ccc(O)cc2)cc1)NC(=O)C(F)(F)F. The van der Waals surface area contributed by atoms with Gasteiger partial charge in [-0.05, 0) is 55.3 Å². The van der Waals surface area contributed by atoms with Crippen LogP contribution in [0.4, 0.5) is 13.2 Å². The minimum absolute atomic E-state index is 0.00820. The summed E-state index contributed by atoms with van der Waals surface area (Å²) in [6.07, 6.45) is -4.84. The van der Waals surface area contributed by atoms with Gasteiger partial charge < -0.3 is 10.4 Å². The summed E-state index contributed by atoms with van der Waals surface area (Å²) in [4.78, 5) is 10.9. The third kappa shape index (κ3) is 4.75. The van der Waals surface area contributed by atoms with Gasteiger partial charge in [0.2, 0.25) is 9.84 Å². The number of phenolic OH excluding ortho intramolecular Hbond substituents is 1. The highest BCUT2D eigenvalue weighted by molar-refractivity contribution is 7.91. The molecule has 0 saturated carbocycles. The molecule has 0 aromatic heterocycles. The van der Waals surface area contributed by atoms with Crippen LogP contribution < -0.4 is 5.32 Å². The quantitative estimate of drug-likeness (QED) is 0.827. The van der Waals surface area contributed by atoms with Crippen molar-refractivity contribution in [1.29, 1.82) is 0 Å². The summed E-state index contributed by atoms with van der Waals surface area (Å²) in [6.45, 7) is 1.42. The second-order valence-electron chi connectivity index (χ2n) is 5.72. The maximum Gasteiger partial charge on any atom is 0.471 e. The number of hydrogen-bond donors (Lipinski definition) is 2. The standard InChI is InChI=1S/C17H16F3NO4S/c1-11(21-16(23)17(18,19)20)10-12-2-6-14(7-3-12)26(24,25)15-8-4-13(22)5-9-15/h2-9,11,22H,10H2,1H3,(H,21,23)/t11-/m1/s1. The van der Waals surface area contributed by atoms with Crippen LogP contribution in [0.2, 0.25) is 0 Å². The van der Waals surface area contributed by atoms with Crippen molar-refractivity contribution >= 4 is 15.7 Å². The van der Waals surface area contributed by atoms with E-state index >= 15 is 0 Å². The van der Waals surface area contributed by atoms with E-state index in [-0.39, 0.29) is 22.0 Å². The van der Waals surface area contributed by atoms with Gasteiger partial charge in [-0.3, -0.25) is 4.79 Å². The number of alkyl halides is 3. The van der Waals surface area contributed by atoms with Gasteiger partial charge in [0.15, 0.2) is 0 Å². The first-order chi connectivity index (χ1) is 12.0. The second kappa shape index (κ2) is 7.36. The molecule has 2 rings (SSSR count). The third-order valence-electron chi connectivity index (χ3n) is 3.56. The smallest absolute Gasteiger partial charge is 0.471 e. The molecule has 0 bridgehead atoms. The number of halogens is 3. The van der Waals surface area contributed by atoms with E-state index in [0.717, 1.165) is 0 Å². The Morgan fingerprint density at radius 1 is 1.04 bits per heavy atom. The molecule has 0 heterocycles. The largest absolute Gasteiger partial charge is 0.508 e. The Morgan fingerprint density at radius 2 is 1.50 bits per heavy atom. The fourth-order valence-corrected chi connectivity index (χ4v) is 3.54. The van der Waals surface area contributed by atoms with E-state index in [2.05, 4.69) is 0 Å². The highest BCUT2D eigenvalue weighted by Gasteiger charge is 2.39. The Kier molecular flexibility index (Phi) is 5.60. The van der Waals surface area contributed by atoms with Crippen LogP contribution in [0.25, 0.3) is 0 Å². The Hall–Kier alpha value is -2.55. The summed E-state index contributed by atoms with van der Waals surface area (Å²) < 4.78 is 61.6. The summed E-state index contributed by atoms with van der Waals surface area (Å²) in [6, 6.07) is 9.92. The number of rotatable bonds is 5. The molecule has 1 amide bonds. The predicted molar refractivity (Wildman–Crippen MR) is 87.4 cm³/mol. The van der Waals surface area contributed by atoms with Crippen molar-refractivity contribution in [3.8, 4) is 5.75 Å². The average Bonchev–Trinajstić information content (AvgIpc) is 2.54. The van der Waals surface area contributed by atoms with Gasteiger partial charge in [0.05, 0.1) is 9.79 Å². The number of carbonyl (C=O) groups excluding carboxylic acids is 1. The lowest BCUT2D eigenvalue weighted by molar-refractivity contribution is -0.174. The van der Waals surface area contributed by atoms with E-state index < -0.39 is 28.0 Å². The van der Waals surface area contributed by atoms with Gasteiger partial charge in [-0.2, -0.15) is 13.2 Å². The first-order valence-corrected chi connectivity index (χ1v) is 8.99. The highest BCUT2D eigenvalue weighted by atomic mass is 32.2. The molecule has 0 spiro atoms. The maximum absolute atomic E-state index is 12.5. The van der Waals surface area contributed by atoms with Gasteiger partial charge in [-0.15, -0.1) is 0 Å². The molecule has 140 valence electrons. The van der Waals surface area contributed by atoms with Crippen molar-refractivity contribution in [3.63, 3.8) is 0 Å². The zero-order valence-corrected chi connectivity index (χ0v) is 14.4. The Morgan fingerprint density at radius 3 is 1.96 bits per heavy atom. The van der Waals surface area contributed by atoms with Crippen LogP contribution in [0.3, 0.4) is 0 Å². The first-order valence-electron chi connectivity index (χ1n) is 7.51. The van der Waals surface area contributed by atoms with Crippen molar-refractivity contribution in [2.45, 2.75) is 35.4 Å². The molecule has 2 aromatic rings. The van der Waals surface area contributed by atoms with Crippen LogP contribution in [0.5, 0.6) is 5.75 Å². The molecule has 0 aliphatic heterocycles. The summed E-state index contributed by atoms with van der Waals surface area (Å²) in [5.74, 6) is -2.08. The van der Waals surface area contributed by atoms with Gasteiger partial charge in [0.1, 0.15) is 5.75 Å². The Balaban J connectivity index is 2.10. The highest BCUT2D eigenvalue weighted by Crippen LogP contribution is 2.23. The van der Waals surface area contributed by atoms with Crippen molar-refractivity contribution in [3.05, 3.63) is 54.1 Å². The van der Waals surface area contributed by atoms with Crippen molar-refractivity contribution in [2.75, 3.05) is 0 Å². The number of sulfone groups is 1. The van der Waals surface area contributed by atoms with Crippen LogP contribution in [0, 0.1) is 0 Å². The van der Waals surface area contributed by atoms with Gasteiger partial charge in [0.25, 0.3) is 0 Å². The van der Waals surface area contributed by atoms with Crippen LogP contribution in [-0.4, -0.2) is 31.6 Å². The predicted octanol–water partition coefficient (Wildman–Crippen LogP) is 2.83. The number of hydrogen-bond acceptors (Lipinski definition) is 4. The van der Waals surface area contributed by atoms with Gasteiger partial charge >= 0.3 is 12.1 Å². The lowest BCUT2D eigenvalue weighted by Crippen LogP contribution is -2.42. The fraction of sp³-hybridized carbons (Fsp3) is 0.235. The number of amides is 1. The zero-order valence-electron chi connectivity index (χ0n) is 13.6. The first kappa shape index (κ1) is 19.8. The molecule has 0 unspecified atom stereocenters. The summed E-state index contributed by atoms with van der Waals surface area (Å²) in [7, 11) is -3.77. The number of carbonyl (C=O) groups is 1. The molecule has 1 atom stereocenters. The summed E-state index contributed by atoms with van der Waals surface area (Å²) >= 11 is 0. The van der Waals surface area contributed by atoms with E-state index in [1.165, 1.54) is 55.5 Å². The Labute approximate surface area is 148 Å². The molecule has 2 N–H and O–H groups in total. The van der Waals surface area contributed by atoms with Gasteiger partial charge in [-0.1, -0.05) is 12.1 Å². The van der Waals surface area contributed by atoms with Crippen molar-refractivity contribution in [2.24, 2.45) is 0 Å².